The summed E-state index contributed by atoms with van der Waals surface area (Å²) in [5, 5.41) is 10.5. The Labute approximate surface area is 197 Å². The Balaban J connectivity index is 2.11. The summed E-state index contributed by atoms with van der Waals surface area (Å²) < 4.78 is 0. The molecule has 1 rings (SSSR count). The first-order valence-electron chi connectivity index (χ1n) is 12.9. The quantitative estimate of drug-likeness (QED) is 0.185. The summed E-state index contributed by atoms with van der Waals surface area (Å²) in [4.78, 5) is 0. The summed E-state index contributed by atoms with van der Waals surface area (Å²) in [6, 6.07) is 0. The Morgan fingerprint density at radius 1 is 0.733 bits per heavy atom. The van der Waals surface area contributed by atoms with Crippen molar-refractivity contribution >= 4 is 23.5 Å². The minimum Gasteiger partial charge on any atom is -0.512 e. The molecule has 0 amide bonds. The molecule has 1 N–H and O–H groups in total. The van der Waals surface area contributed by atoms with Crippen LogP contribution in [0.3, 0.4) is 0 Å². The van der Waals surface area contributed by atoms with E-state index in [0.29, 0.717) is 5.76 Å². The van der Waals surface area contributed by atoms with E-state index in [2.05, 4.69) is 50.4 Å². The molecule has 0 fully saturated rings. The first-order valence-corrected chi connectivity index (χ1v) is 15.2. The minimum atomic E-state index is -0.0395. The van der Waals surface area contributed by atoms with E-state index in [0.717, 1.165) is 12.8 Å². The Hall–Kier alpha value is -0.0200. The summed E-state index contributed by atoms with van der Waals surface area (Å²) in [5.41, 5.74) is 1.49. The van der Waals surface area contributed by atoms with Crippen molar-refractivity contribution in [1.29, 1.82) is 0 Å². The van der Waals surface area contributed by atoms with Gasteiger partial charge in [0.2, 0.25) is 0 Å². The molecule has 0 aromatic rings. The zero-order valence-corrected chi connectivity index (χ0v) is 22.0. The van der Waals surface area contributed by atoms with Crippen molar-refractivity contribution in [2.24, 2.45) is 5.41 Å². The van der Waals surface area contributed by atoms with Crippen LogP contribution < -0.4 is 0 Å². The van der Waals surface area contributed by atoms with Gasteiger partial charge in [0, 0.05) is 5.41 Å². The average molecular weight is 455 g/mol. The van der Waals surface area contributed by atoms with Crippen LogP contribution in [0.15, 0.2) is 23.5 Å². The number of thioether (sulfide) groups is 2. The number of unbranched alkanes of at least 4 members (excludes halogenated alkanes) is 10. The second-order valence-corrected chi connectivity index (χ2v) is 11.8. The maximum atomic E-state index is 10.5. The van der Waals surface area contributed by atoms with Crippen LogP contribution in [0.4, 0.5) is 0 Å². The normalized spacial score (nSPS) is 19.0. The smallest absolute Gasteiger partial charge is 0.0984 e. The van der Waals surface area contributed by atoms with E-state index in [9.17, 15) is 5.11 Å². The summed E-state index contributed by atoms with van der Waals surface area (Å²) in [6.45, 7) is 6.83. The molecule has 1 aliphatic rings. The molecule has 0 aromatic heterocycles. The number of aliphatic hydroxyl groups excluding tert-OH is 1. The SMILES string of the molecule is CCCCCCCCSCCC1=CC=C(O)C(C)(CCSCCCCCCCC)C1. The maximum Gasteiger partial charge on any atom is 0.0984 e. The highest BCUT2D eigenvalue weighted by molar-refractivity contribution is 7.99. The number of aliphatic hydroxyl groups is 1. The van der Waals surface area contributed by atoms with Crippen LogP contribution in [-0.4, -0.2) is 28.1 Å². The molecular weight excluding hydrogens is 404 g/mol. The van der Waals surface area contributed by atoms with Gasteiger partial charge in [0.25, 0.3) is 0 Å². The molecule has 1 unspecified atom stereocenters. The Morgan fingerprint density at radius 2 is 1.27 bits per heavy atom. The van der Waals surface area contributed by atoms with Gasteiger partial charge < -0.3 is 5.11 Å². The van der Waals surface area contributed by atoms with Gasteiger partial charge in [0.05, 0.1) is 5.76 Å². The van der Waals surface area contributed by atoms with Crippen molar-refractivity contribution in [3.8, 4) is 0 Å². The highest BCUT2D eigenvalue weighted by Crippen LogP contribution is 2.41. The summed E-state index contributed by atoms with van der Waals surface area (Å²) in [7, 11) is 0. The van der Waals surface area contributed by atoms with Crippen LogP contribution in [0.2, 0.25) is 0 Å². The van der Waals surface area contributed by atoms with E-state index in [4.69, 9.17) is 0 Å². The molecule has 0 saturated heterocycles. The summed E-state index contributed by atoms with van der Waals surface area (Å²) in [5.74, 6) is 5.60. The van der Waals surface area contributed by atoms with E-state index in [1.807, 2.05) is 6.08 Å². The third-order valence-electron chi connectivity index (χ3n) is 6.36. The molecule has 1 aliphatic carbocycles. The van der Waals surface area contributed by atoms with E-state index >= 15 is 0 Å². The Bertz CT molecular complexity index is 471. The zero-order chi connectivity index (χ0) is 21.9. The largest absolute Gasteiger partial charge is 0.512 e. The first-order chi connectivity index (χ1) is 14.6. The standard InChI is InChI=1S/C27H50OS2/c1-4-6-8-10-12-14-20-29-22-18-25-16-17-26(28)27(3,24-25)19-23-30-21-15-13-11-9-7-5-2/h16-17,28H,4-15,18-24H2,1-3H3. The number of hydrogen-bond acceptors (Lipinski definition) is 3. The van der Waals surface area contributed by atoms with Gasteiger partial charge in [-0.05, 0) is 61.2 Å². The Kier molecular flexibility index (Phi) is 17.3. The van der Waals surface area contributed by atoms with E-state index in [-0.39, 0.29) is 5.41 Å². The molecule has 0 aromatic carbocycles. The predicted octanol–water partition coefficient (Wildman–Crippen LogP) is 9.73. The topological polar surface area (TPSA) is 20.2 Å². The van der Waals surface area contributed by atoms with Gasteiger partial charge in [0.15, 0.2) is 0 Å². The average Bonchev–Trinajstić information content (AvgIpc) is 2.74. The highest BCUT2D eigenvalue weighted by Gasteiger charge is 2.31. The van der Waals surface area contributed by atoms with Crippen LogP contribution in [0, 0.1) is 5.41 Å². The zero-order valence-electron chi connectivity index (χ0n) is 20.4. The second kappa shape index (κ2) is 18.5. The first kappa shape index (κ1) is 28.0. The molecule has 30 heavy (non-hydrogen) atoms. The van der Waals surface area contributed by atoms with Crippen molar-refractivity contribution in [3.63, 3.8) is 0 Å². The lowest BCUT2D eigenvalue weighted by atomic mass is 9.76. The van der Waals surface area contributed by atoms with Crippen LogP contribution in [-0.2, 0) is 0 Å². The van der Waals surface area contributed by atoms with Crippen molar-refractivity contribution in [2.75, 3.05) is 23.0 Å². The lowest BCUT2D eigenvalue weighted by Crippen LogP contribution is -2.23. The second-order valence-electron chi connectivity index (χ2n) is 9.37. The monoisotopic (exact) mass is 454 g/mol. The molecule has 0 heterocycles. The van der Waals surface area contributed by atoms with Crippen molar-refractivity contribution in [2.45, 2.75) is 117 Å². The van der Waals surface area contributed by atoms with Gasteiger partial charge in [-0.3, -0.25) is 0 Å². The molecule has 1 atom stereocenters. The highest BCUT2D eigenvalue weighted by atomic mass is 32.2. The van der Waals surface area contributed by atoms with Gasteiger partial charge in [-0.15, -0.1) is 0 Å². The molecule has 0 spiro atoms. The fraction of sp³-hybridized carbons (Fsp3) is 0.852. The summed E-state index contributed by atoms with van der Waals surface area (Å²) in [6.07, 6.45) is 24.1. The molecule has 0 saturated carbocycles. The fourth-order valence-electron chi connectivity index (χ4n) is 4.11. The minimum absolute atomic E-state index is 0.0395. The van der Waals surface area contributed by atoms with Gasteiger partial charge >= 0.3 is 0 Å². The summed E-state index contributed by atoms with van der Waals surface area (Å²) >= 11 is 4.20. The van der Waals surface area contributed by atoms with E-state index in [1.165, 1.54) is 112 Å². The molecule has 176 valence electrons. The van der Waals surface area contributed by atoms with Crippen molar-refractivity contribution in [1.82, 2.24) is 0 Å². The van der Waals surface area contributed by atoms with E-state index in [1.54, 1.807) is 0 Å². The molecule has 3 heteroatoms. The van der Waals surface area contributed by atoms with E-state index < -0.39 is 0 Å². The van der Waals surface area contributed by atoms with Gasteiger partial charge in [0.1, 0.15) is 0 Å². The number of allylic oxidation sites excluding steroid dienone is 4. The molecule has 0 bridgehead atoms. The third-order valence-corrected chi connectivity index (χ3v) is 8.50. The Morgan fingerprint density at radius 3 is 1.87 bits per heavy atom. The molecule has 1 nitrogen and oxygen atoms in total. The number of rotatable bonds is 20. The van der Waals surface area contributed by atoms with Crippen LogP contribution in [0.5, 0.6) is 0 Å². The maximum absolute atomic E-state index is 10.5. The number of hydrogen-bond donors (Lipinski definition) is 1. The van der Waals surface area contributed by atoms with Crippen molar-refractivity contribution < 1.29 is 5.11 Å². The van der Waals surface area contributed by atoms with Gasteiger partial charge in [-0.2, -0.15) is 23.5 Å². The van der Waals surface area contributed by atoms with Crippen LogP contribution in [0.25, 0.3) is 0 Å². The molecular formula is C27H50OS2. The van der Waals surface area contributed by atoms with Crippen LogP contribution in [0.1, 0.15) is 117 Å². The van der Waals surface area contributed by atoms with Gasteiger partial charge in [-0.1, -0.05) is 96.6 Å². The lowest BCUT2D eigenvalue weighted by Gasteiger charge is -2.32. The predicted molar refractivity (Wildman–Crippen MR) is 142 cm³/mol. The lowest BCUT2D eigenvalue weighted by molar-refractivity contribution is 0.225. The molecule has 0 aliphatic heterocycles. The fourth-order valence-corrected chi connectivity index (χ4v) is 6.34. The molecule has 0 radical (unpaired) electrons. The van der Waals surface area contributed by atoms with Crippen LogP contribution >= 0.6 is 23.5 Å². The van der Waals surface area contributed by atoms with Crippen molar-refractivity contribution in [3.05, 3.63) is 23.5 Å². The van der Waals surface area contributed by atoms with Gasteiger partial charge in [-0.25, -0.2) is 0 Å². The third kappa shape index (κ3) is 13.4.